The number of nitrogens with one attached hydrogen (secondary N) is 1. The maximum absolute atomic E-state index is 10.4. The van der Waals surface area contributed by atoms with Gasteiger partial charge in [-0.05, 0) is 0 Å². The molecule has 1 rings (SSSR count). The lowest BCUT2D eigenvalue weighted by atomic mass is 10.3. The Morgan fingerprint density at radius 1 is 1.89 bits per heavy atom. The molecule has 0 saturated carbocycles. The van der Waals surface area contributed by atoms with Crippen molar-refractivity contribution in [2.24, 2.45) is 0 Å². The van der Waals surface area contributed by atoms with E-state index in [-0.39, 0.29) is 25.2 Å². The number of carbonyl (C=O) groups excluding carboxylic acids is 1. The summed E-state index contributed by atoms with van der Waals surface area (Å²) >= 11 is 0. The largest absolute Gasteiger partial charge is 0.394 e. The molecule has 4 nitrogen and oxygen atoms in total. The van der Waals surface area contributed by atoms with Crippen LogP contribution in [0.5, 0.6) is 0 Å². The first-order valence-electron chi connectivity index (χ1n) is 2.82. The molecule has 4 heteroatoms. The molecular formula is C5H9NO3. The average Bonchev–Trinajstić information content (AvgIpc) is 1.90. The van der Waals surface area contributed by atoms with Gasteiger partial charge < -0.3 is 15.2 Å². The van der Waals surface area contributed by atoms with E-state index in [1.807, 2.05) is 0 Å². The summed E-state index contributed by atoms with van der Waals surface area (Å²) in [6.45, 7) is 0.473. The zero-order valence-electron chi connectivity index (χ0n) is 4.96. The molecule has 2 N–H and O–H groups in total. The summed E-state index contributed by atoms with van der Waals surface area (Å²) in [5, 5.41) is 11.1. The topological polar surface area (TPSA) is 58.6 Å². The van der Waals surface area contributed by atoms with Crippen LogP contribution < -0.4 is 5.32 Å². The highest BCUT2D eigenvalue weighted by atomic mass is 16.5. The molecule has 0 spiro atoms. The van der Waals surface area contributed by atoms with Gasteiger partial charge in [-0.1, -0.05) is 0 Å². The molecule has 1 heterocycles. The molecule has 0 aliphatic carbocycles. The number of aliphatic hydroxyl groups is 1. The number of amides is 1. The van der Waals surface area contributed by atoms with Crippen LogP contribution in [0.4, 0.5) is 0 Å². The fraction of sp³-hybridized carbons (Fsp3) is 0.800. The SMILES string of the molecule is O=C1CO[C@H](CO)CN1. The van der Waals surface area contributed by atoms with Gasteiger partial charge in [0.25, 0.3) is 0 Å². The third-order valence-electron chi connectivity index (χ3n) is 1.18. The summed E-state index contributed by atoms with van der Waals surface area (Å²) in [4.78, 5) is 10.4. The molecule has 1 saturated heterocycles. The second-order valence-corrected chi connectivity index (χ2v) is 1.92. The summed E-state index contributed by atoms with van der Waals surface area (Å²) in [6.07, 6.45) is -0.206. The van der Waals surface area contributed by atoms with Crippen molar-refractivity contribution < 1.29 is 14.6 Å². The van der Waals surface area contributed by atoms with Crippen molar-refractivity contribution in [3.63, 3.8) is 0 Å². The average molecular weight is 131 g/mol. The maximum atomic E-state index is 10.4. The molecule has 1 amide bonds. The van der Waals surface area contributed by atoms with E-state index in [0.29, 0.717) is 6.54 Å². The Hall–Kier alpha value is -0.610. The molecule has 0 bridgehead atoms. The minimum atomic E-state index is -0.206. The predicted molar refractivity (Wildman–Crippen MR) is 29.8 cm³/mol. The molecular weight excluding hydrogens is 122 g/mol. The van der Waals surface area contributed by atoms with Gasteiger partial charge in [0, 0.05) is 6.54 Å². The van der Waals surface area contributed by atoms with E-state index in [2.05, 4.69) is 5.32 Å². The van der Waals surface area contributed by atoms with E-state index in [0.717, 1.165) is 0 Å². The van der Waals surface area contributed by atoms with Crippen molar-refractivity contribution in [1.82, 2.24) is 5.32 Å². The van der Waals surface area contributed by atoms with Crippen LogP contribution >= 0.6 is 0 Å². The monoisotopic (exact) mass is 131 g/mol. The third-order valence-corrected chi connectivity index (χ3v) is 1.18. The second kappa shape index (κ2) is 2.80. The van der Waals surface area contributed by atoms with E-state index >= 15 is 0 Å². The van der Waals surface area contributed by atoms with Gasteiger partial charge in [0.2, 0.25) is 5.91 Å². The maximum Gasteiger partial charge on any atom is 0.246 e. The second-order valence-electron chi connectivity index (χ2n) is 1.92. The molecule has 0 unspecified atom stereocenters. The molecule has 1 fully saturated rings. The smallest absolute Gasteiger partial charge is 0.246 e. The van der Waals surface area contributed by atoms with Gasteiger partial charge >= 0.3 is 0 Å². The van der Waals surface area contributed by atoms with E-state index in [4.69, 9.17) is 9.84 Å². The summed E-state index contributed by atoms with van der Waals surface area (Å²) in [5.41, 5.74) is 0. The van der Waals surface area contributed by atoms with Crippen LogP contribution in [-0.4, -0.2) is 36.9 Å². The number of aliphatic hydroxyl groups excluding tert-OH is 1. The highest BCUT2D eigenvalue weighted by molar-refractivity contribution is 5.77. The number of carbonyl (C=O) groups is 1. The molecule has 0 aromatic rings. The lowest BCUT2D eigenvalue weighted by molar-refractivity contribution is -0.134. The predicted octanol–water partition coefficient (Wildman–Crippen LogP) is -1.51. The van der Waals surface area contributed by atoms with Crippen LogP contribution in [0.25, 0.3) is 0 Å². The number of ether oxygens (including phenoxy) is 1. The van der Waals surface area contributed by atoms with Gasteiger partial charge in [-0.2, -0.15) is 0 Å². The molecule has 9 heavy (non-hydrogen) atoms. The molecule has 52 valence electrons. The number of morpholine rings is 1. The minimum Gasteiger partial charge on any atom is -0.394 e. The first kappa shape index (κ1) is 6.51. The van der Waals surface area contributed by atoms with Crippen molar-refractivity contribution in [2.75, 3.05) is 19.8 Å². The van der Waals surface area contributed by atoms with Crippen molar-refractivity contribution in [3.05, 3.63) is 0 Å². The van der Waals surface area contributed by atoms with Crippen molar-refractivity contribution in [2.45, 2.75) is 6.10 Å². The van der Waals surface area contributed by atoms with Crippen LogP contribution in [-0.2, 0) is 9.53 Å². The quantitative estimate of drug-likeness (QED) is 0.455. The van der Waals surface area contributed by atoms with Gasteiger partial charge in [0.15, 0.2) is 0 Å². The molecule has 1 atom stereocenters. The summed E-state index contributed by atoms with van der Waals surface area (Å²) in [7, 11) is 0. The highest BCUT2D eigenvalue weighted by Gasteiger charge is 2.16. The molecule has 1 aliphatic heterocycles. The van der Waals surface area contributed by atoms with Crippen LogP contribution in [0, 0.1) is 0 Å². The third kappa shape index (κ3) is 1.65. The van der Waals surface area contributed by atoms with E-state index in [1.165, 1.54) is 0 Å². The fourth-order valence-corrected chi connectivity index (χ4v) is 0.648. The lowest BCUT2D eigenvalue weighted by Gasteiger charge is -2.20. The van der Waals surface area contributed by atoms with Gasteiger partial charge in [0.1, 0.15) is 6.61 Å². The Morgan fingerprint density at radius 2 is 2.67 bits per heavy atom. The van der Waals surface area contributed by atoms with E-state index < -0.39 is 0 Å². The Labute approximate surface area is 52.8 Å². The number of rotatable bonds is 1. The Morgan fingerprint density at radius 3 is 3.11 bits per heavy atom. The van der Waals surface area contributed by atoms with Gasteiger partial charge in [0.05, 0.1) is 12.7 Å². The minimum absolute atomic E-state index is 0.0275. The van der Waals surface area contributed by atoms with Gasteiger partial charge in [-0.25, -0.2) is 0 Å². The normalized spacial score (nSPS) is 27.7. The first-order valence-corrected chi connectivity index (χ1v) is 2.82. The van der Waals surface area contributed by atoms with Crippen LogP contribution in [0.15, 0.2) is 0 Å². The summed E-state index contributed by atoms with van der Waals surface area (Å²) < 4.78 is 4.88. The fourth-order valence-electron chi connectivity index (χ4n) is 0.648. The number of hydrogen-bond donors (Lipinski definition) is 2. The molecule has 0 radical (unpaired) electrons. The molecule has 0 aromatic carbocycles. The van der Waals surface area contributed by atoms with Crippen LogP contribution in [0.3, 0.4) is 0 Å². The lowest BCUT2D eigenvalue weighted by Crippen LogP contribution is -2.44. The molecule has 1 aliphatic rings. The zero-order valence-corrected chi connectivity index (χ0v) is 4.96. The highest BCUT2D eigenvalue weighted by Crippen LogP contribution is 1.93. The Balaban J connectivity index is 2.26. The van der Waals surface area contributed by atoms with Crippen molar-refractivity contribution in [1.29, 1.82) is 0 Å². The van der Waals surface area contributed by atoms with E-state index in [1.54, 1.807) is 0 Å². The van der Waals surface area contributed by atoms with Crippen molar-refractivity contribution in [3.8, 4) is 0 Å². The van der Waals surface area contributed by atoms with E-state index in [9.17, 15) is 4.79 Å². The summed E-state index contributed by atoms with van der Waals surface area (Å²) in [5.74, 6) is -0.111. The Bertz CT molecular complexity index is 105. The van der Waals surface area contributed by atoms with Crippen molar-refractivity contribution >= 4 is 5.91 Å². The Kier molecular flexibility index (Phi) is 2.02. The van der Waals surface area contributed by atoms with Gasteiger partial charge in [-0.15, -0.1) is 0 Å². The van der Waals surface area contributed by atoms with Crippen LogP contribution in [0.1, 0.15) is 0 Å². The number of hydrogen-bond acceptors (Lipinski definition) is 3. The molecule has 0 aromatic heterocycles. The summed E-state index contributed by atoms with van der Waals surface area (Å²) in [6, 6.07) is 0. The van der Waals surface area contributed by atoms with Crippen LogP contribution in [0.2, 0.25) is 0 Å². The standard InChI is InChI=1S/C5H9NO3/c7-2-4-1-6-5(8)3-9-4/h4,7H,1-3H2,(H,6,8)/t4-/m0/s1. The van der Waals surface area contributed by atoms with Gasteiger partial charge in [-0.3, -0.25) is 4.79 Å². The zero-order chi connectivity index (χ0) is 6.69. The first-order chi connectivity index (χ1) is 4.33.